The molecule has 0 aliphatic heterocycles. The van der Waals surface area contributed by atoms with Gasteiger partial charge in [0.05, 0.1) is 0 Å². The van der Waals surface area contributed by atoms with Crippen LogP contribution in [0.4, 0.5) is 0 Å². The first-order chi connectivity index (χ1) is 4.86. The van der Waals surface area contributed by atoms with Crippen LogP contribution in [0.25, 0.3) is 0 Å². The van der Waals surface area contributed by atoms with Crippen LogP contribution in [0, 0.1) is 17.8 Å². The van der Waals surface area contributed by atoms with E-state index in [4.69, 9.17) is 0 Å². The smallest absolute Gasteiger partial charge is 0.0238 e. The molecule has 0 spiro atoms. The molecule has 3 rings (SSSR count). The zero-order valence-electron chi connectivity index (χ0n) is 6.90. The molecule has 0 heterocycles. The van der Waals surface area contributed by atoms with Crippen LogP contribution in [0.15, 0.2) is 0 Å². The summed E-state index contributed by atoms with van der Waals surface area (Å²) in [4.78, 5) is 0. The Morgan fingerprint density at radius 1 is 1.10 bits per heavy atom. The van der Waals surface area contributed by atoms with E-state index in [9.17, 15) is 0 Å². The van der Waals surface area contributed by atoms with Crippen LogP contribution >= 0.6 is 0 Å². The van der Waals surface area contributed by atoms with Gasteiger partial charge in [0.1, 0.15) is 0 Å². The largest absolute Gasteiger partial charge is 0.0588 e. The average Bonchev–Trinajstić information content (AvgIpc) is 2.20. The summed E-state index contributed by atoms with van der Waals surface area (Å²) >= 11 is 0. The molecule has 0 amide bonds. The maximum Gasteiger partial charge on any atom is -0.0238 e. The molecule has 0 nitrogen and oxygen atoms in total. The summed E-state index contributed by atoms with van der Waals surface area (Å²) in [5.74, 6) is 3.92. The lowest BCUT2D eigenvalue weighted by molar-refractivity contribution is 0.340. The molecule has 2 unspecified atom stereocenters. The Balaban J connectivity index is 2.07. The maximum absolute atomic E-state index is 2.38. The molecule has 0 heteroatoms. The summed E-state index contributed by atoms with van der Waals surface area (Å²) in [5.41, 5.74) is 0. The summed E-state index contributed by atoms with van der Waals surface area (Å²) in [6.45, 7) is 2.38. The van der Waals surface area contributed by atoms with Crippen molar-refractivity contribution in [3.05, 3.63) is 5.92 Å². The molecule has 0 aromatic heterocycles. The molecule has 3 aliphatic rings. The van der Waals surface area contributed by atoms with Gasteiger partial charge in [-0.25, -0.2) is 0 Å². The SMILES string of the molecule is C[C]1CC2CCCC1CC2. The van der Waals surface area contributed by atoms with Crippen molar-refractivity contribution in [1.82, 2.24) is 0 Å². The van der Waals surface area contributed by atoms with Gasteiger partial charge in [-0.15, -0.1) is 0 Å². The fraction of sp³-hybridized carbons (Fsp3) is 0.900. The van der Waals surface area contributed by atoms with Gasteiger partial charge in [0.15, 0.2) is 0 Å². The van der Waals surface area contributed by atoms with Gasteiger partial charge in [0.25, 0.3) is 0 Å². The summed E-state index contributed by atoms with van der Waals surface area (Å²) in [7, 11) is 0. The minimum atomic E-state index is 1.03. The highest BCUT2D eigenvalue weighted by Crippen LogP contribution is 2.43. The molecule has 0 aromatic rings. The third-order valence-corrected chi connectivity index (χ3v) is 3.40. The highest BCUT2D eigenvalue weighted by Gasteiger charge is 2.30. The first kappa shape index (κ1) is 6.69. The van der Waals surface area contributed by atoms with Gasteiger partial charge in [-0.1, -0.05) is 26.2 Å². The lowest BCUT2D eigenvalue weighted by Crippen LogP contribution is -2.16. The predicted octanol–water partition coefficient (Wildman–Crippen LogP) is 3.18. The van der Waals surface area contributed by atoms with Crippen molar-refractivity contribution >= 4 is 0 Å². The summed E-state index contributed by atoms with van der Waals surface area (Å²) in [6.07, 6.45) is 9.03. The molecule has 3 saturated carbocycles. The lowest BCUT2D eigenvalue weighted by atomic mass is 9.77. The first-order valence-electron chi connectivity index (χ1n) is 4.68. The van der Waals surface area contributed by atoms with E-state index in [1.807, 2.05) is 5.92 Å². The Morgan fingerprint density at radius 3 is 2.80 bits per heavy atom. The second-order valence-corrected chi connectivity index (χ2v) is 4.12. The van der Waals surface area contributed by atoms with E-state index in [1.165, 1.54) is 38.5 Å². The minimum absolute atomic E-state index is 1.03. The Morgan fingerprint density at radius 2 is 2.00 bits per heavy atom. The Hall–Kier alpha value is 0. The van der Waals surface area contributed by atoms with Crippen LogP contribution in [0.1, 0.15) is 45.4 Å². The van der Waals surface area contributed by atoms with Gasteiger partial charge in [-0.3, -0.25) is 0 Å². The normalized spacial score (nSPS) is 41.7. The van der Waals surface area contributed by atoms with E-state index in [1.54, 1.807) is 0 Å². The van der Waals surface area contributed by atoms with Gasteiger partial charge >= 0.3 is 0 Å². The summed E-state index contributed by atoms with van der Waals surface area (Å²) in [5, 5.41) is 0. The molecule has 0 saturated heterocycles. The van der Waals surface area contributed by atoms with Crippen molar-refractivity contribution in [1.29, 1.82) is 0 Å². The van der Waals surface area contributed by atoms with Crippen molar-refractivity contribution in [3.63, 3.8) is 0 Å². The Labute approximate surface area is 64.0 Å². The van der Waals surface area contributed by atoms with E-state index in [2.05, 4.69) is 6.92 Å². The highest BCUT2D eigenvalue weighted by molar-refractivity contribution is 4.99. The van der Waals surface area contributed by atoms with Crippen molar-refractivity contribution in [2.45, 2.75) is 45.4 Å². The van der Waals surface area contributed by atoms with Gasteiger partial charge in [0.2, 0.25) is 0 Å². The second-order valence-electron chi connectivity index (χ2n) is 4.12. The van der Waals surface area contributed by atoms with Gasteiger partial charge in [-0.2, -0.15) is 0 Å². The molecular weight excluding hydrogens is 120 g/mol. The van der Waals surface area contributed by atoms with Crippen LogP contribution in [0.2, 0.25) is 0 Å². The fourth-order valence-electron chi connectivity index (χ4n) is 2.70. The van der Waals surface area contributed by atoms with Crippen LogP contribution in [-0.4, -0.2) is 0 Å². The van der Waals surface area contributed by atoms with Crippen molar-refractivity contribution in [2.24, 2.45) is 11.8 Å². The number of fused-ring (bicyclic) bond motifs is 4. The van der Waals surface area contributed by atoms with E-state index in [0.29, 0.717) is 0 Å². The molecular formula is C10H17. The topological polar surface area (TPSA) is 0 Å². The van der Waals surface area contributed by atoms with E-state index in [0.717, 1.165) is 11.8 Å². The molecule has 0 aromatic carbocycles. The zero-order chi connectivity index (χ0) is 6.97. The number of hydrogen-bond donors (Lipinski definition) is 0. The molecule has 57 valence electrons. The van der Waals surface area contributed by atoms with Gasteiger partial charge < -0.3 is 0 Å². The van der Waals surface area contributed by atoms with Gasteiger partial charge in [-0.05, 0) is 37.0 Å². The van der Waals surface area contributed by atoms with Crippen molar-refractivity contribution in [3.8, 4) is 0 Å². The molecule has 3 aliphatic carbocycles. The zero-order valence-corrected chi connectivity index (χ0v) is 6.90. The standard InChI is InChI=1S/C10H17/c1-8-7-9-3-2-4-10(8)6-5-9/h9-10H,2-7H2,1H3. The third kappa shape index (κ3) is 1.09. The average molecular weight is 137 g/mol. The summed E-state index contributed by atoms with van der Waals surface area (Å²) in [6, 6.07) is 0. The quantitative estimate of drug-likeness (QED) is 0.481. The molecule has 1 radical (unpaired) electrons. The van der Waals surface area contributed by atoms with E-state index < -0.39 is 0 Å². The predicted molar refractivity (Wildman–Crippen MR) is 43.6 cm³/mol. The van der Waals surface area contributed by atoms with Crippen molar-refractivity contribution < 1.29 is 0 Å². The minimum Gasteiger partial charge on any atom is -0.0588 e. The Bertz CT molecular complexity index is 113. The van der Waals surface area contributed by atoms with E-state index >= 15 is 0 Å². The van der Waals surface area contributed by atoms with Crippen LogP contribution in [0.3, 0.4) is 0 Å². The van der Waals surface area contributed by atoms with Crippen molar-refractivity contribution in [2.75, 3.05) is 0 Å². The second kappa shape index (κ2) is 2.56. The molecule has 0 N–H and O–H groups in total. The molecule has 10 heavy (non-hydrogen) atoms. The molecule has 3 fully saturated rings. The molecule has 2 atom stereocenters. The fourth-order valence-corrected chi connectivity index (χ4v) is 2.70. The summed E-state index contributed by atoms with van der Waals surface area (Å²) < 4.78 is 0. The number of hydrogen-bond acceptors (Lipinski definition) is 0. The highest BCUT2D eigenvalue weighted by atomic mass is 14.4. The van der Waals surface area contributed by atoms with Crippen LogP contribution in [0.5, 0.6) is 0 Å². The first-order valence-corrected chi connectivity index (χ1v) is 4.68. The van der Waals surface area contributed by atoms with Gasteiger partial charge in [0, 0.05) is 0 Å². The molecule has 2 bridgehead atoms. The maximum atomic E-state index is 2.38. The third-order valence-electron chi connectivity index (χ3n) is 3.40. The Kier molecular flexibility index (Phi) is 1.71. The lowest BCUT2D eigenvalue weighted by Gasteiger charge is -2.29. The number of rotatable bonds is 0. The monoisotopic (exact) mass is 137 g/mol. The van der Waals surface area contributed by atoms with E-state index in [-0.39, 0.29) is 0 Å². The van der Waals surface area contributed by atoms with Crippen LogP contribution in [-0.2, 0) is 0 Å². The van der Waals surface area contributed by atoms with Crippen LogP contribution < -0.4 is 0 Å².